The summed E-state index contributed by atoms with van der Waals surface area (Å²) in [6, 6.07) is -0.560. The predicted octanol–water partition coefficient (Wildman–Crippen LogP) is 0.133. The van der Waals surface area contributed by atoms with E-state index < -0.39 is 6.04 Å². The lowest BCUT2D eigenvalue weighted by atomic mass is 10.1. The number of carbonyl (C=O) groups is 2. The maximum absolute atomic E-state index is 12.2. The van der Waals surface area contributed by atoms with Gasteiger partial charge in [0.2, 0.25) is 5.91 Å². The average molecular weight is 279 g/mol. The SMILES string of the molecule is CC(NC(=O)c1c(N)cnn1C)C(=O)N1CCCCC1. The Hall–Kier alpha value is -2.05. The van der Waals surface area contributed by atoms with Crippen molar-refractivity contribution in [1.82, 2.24) is 20.0 Å². The molecule has 2 heterocycles. The van der Waals surface area contributed by atoms with Crippen LogP contribution in [0.3, 0.4) is 0 Å². The summed E-state index contributed by atoms with van der Waals surface area (Å²) in [7, 11) is 1.64. The first-order chi connectivity index (χ1) is 9.50. The molecule has 20 heavy (non-hydrogen) atoms. The Balaban J connectivity index is 1.98. The maximum atomic E-state index is 12.2. The van der Waals surface area contributed by atoms with Crippen LogP contribution in [0.15, 0.2) is 6.20 Å². The van der Waals surface area contributed by atoms with Gasteiger partial charge in [-0.15, -0.1) is 0 Å². The summed E-state index contributed by atoms with van der Waals surface area (Å²) >= 11 is 0. The van der Waals surface area contributed by atoms with Crippen LogP contribution in [0, 0.1) is 0 Å². The minimum atomic E-state index is -0.560. The summed E-state index contributed by atoms with van der Waals surface area (Å²) < 4.78 is 1.41. The van der Waals surface area contributed by atoms with Crippen LogP contribution in [0.25, 0.3) is 0 Å². The van der Waals surface area contributed by atoms with E-state index in [-0.39, 0.29) is 17.5 Å². The fourth-order valence-corrected chi connectivity index (χ4v) is 2.45. The van der Waals surface area contributed by atoms with Crippen LogP contribution in [0.4, 0.5) is 5.69 Å². The first-order valence-corrected chi connectivity index (χ1v) is 6.88. The lowest BCUT2D eigenvalue weighted by Gasteiger charge is -2.29. The molecule has 1 aliphatic heterocycles. The first kappa shape index (κ1) is 14.4. The topological polar surface area (TPSA) is 93.2 Å². The number of amides is 2. The highest BCUT2D eigenvalue weighted by Crippen LogP contribution is 2.12. The fraction of sp³-hybridized carbons (Fsp3) is 0.615. The number of piperidine rings is 1. The van der Waals surface area contributed by atoms with Gasteiger partial charge in [-0.1, -0.05) is 0 Å². The monoisotopic (exact) mass is 279 g/mol. The molecule has 2 amide bonds. The van der Waals surface area contributed by atoms with Crippen LogP contribution in [0.5, 0.6) is 0 Å². The molecule has 7 heteroatoms. The van der Waals surface area contributed by atoms with Crippen molar-refractivity contribution in [2.24, 2.45) is 7.05 Å². The number of nitrogens with zero attached hydrogens (tertiary/aromatic N) is 3. The largest absolute Gasteiger partial charge is 0.396 e. The molecule has 0 radical (unpaired) electrons. The van der Waals surface area contributed by atoms with Gasteiger partial charge >= 0.3 is 0 Å². The third-order valence-electron chi connectivity index (χ3n) is 3.57. The molecule has 1 aliphatic rings. The molecule has 110 valence electrons. The molecule has 1 fully saturated rings. The number of aromatic nitrogens is 2. The zero-order valence-corrected chi connectivity index (χ0v) is 11.9. The molecule has 1 saturated heterocycles. The molecule has 3 N–H and O–H groups in total. The average Bonchev–Trinajstić information content (AvgIpc) is 2.78. The number of carbonyl (C=O) groups excluding carboxylic acids is 2. The van der Waals surface area contributed by atoms with E-state index in [4.69, 9.17) is 5.73 Å². The van der Waals surface area contributed by atoms with Gasteiger partial charge in [0, 0.05) is 20.1 Å². The number of hydrogen-bond donors (Lipinski definition) is 2. The highest BCUT2D eigenvalue weighted by Gasteiger charge is 2.25. The molecule has 1 aromatic heterocycles. The van der Waals surface area contributed by atoms with Crippen molar-refractivity contribution in [3.63, 3.8) is 0 Å². The number of aryl methyl sites for hydroxylation is 1. The van der Waals surface area contributed by atoms with Crippen LogP contribution in [-0.4, -0.2) is 45.6 Å². The molecule has 1 atom stereocenters. The predicted molar refractivity (Wildman–Crippen MR) is 75.0 cm³/mol. The minimum absolute atomic E-state index is 0.0428. The van der Waals surface area contributed by atoms with Gasteiger partial charge in [0.15, 0.2) is 0 Å². The highest BCUT2D eigenvalue weighted by molar-refractivity contribution is 5.99. The van der Waals surface area contributed by atoms with Gasteiger partial charge in [0.05, 0.1) is 11.9 Å². The van der Waals surface area contributed by atoms with Gasteiger partial charge in [-0.25, -0.2) is 0 Å². The van der Waals surface area contributed by atoms with E-state index in [1.165, 1.54) is 10.9 Å². The Labute approximate surface area is 118 Å². The Bertz CT molecular complexity index is 485. The van der Waals surface area contributed by atoms with Crippen LogP contribution < -0.4 is 11.1 Å². The second kappa shape index (κ2) is 5.94. The molecule has 1 aromatic rings. The van der Waals surface area contributed by atoms with E-state index in [1.54, 1.807) is 18.9 Å². The van der Waals surface area contributed by atoms with Gasteiger partial charge < -0.3 is 16.0 Å². The fourth-order valence-electron chi connectivity index (χ4n) is 2.45. The number of nitrogens with one attached hydrogen (secondary N) is 1. The van der Waals surface area contributed by atoms with E-state index in [2.05, 4.69) is 10.4 Å². The zero-order chi connectivity index (χ0) is 14.7. The van der Waals surface area contributed by atoms with Crippen molar-refractivity contribution in [2.45, 2.75) is 32.2 Å². The van der Waals surface area contributed by atoms with Crippen molar-refractivity contribution in [3.8, 4) is 0 Å². The van der Waals surface area contributed by atoms with Crippen LogP contribution in [0.1, 0.15) is 36.7 Å². The first-order valence-electron chi connectivity index (χ1n) is 6.88. The van der Waals surface area contributed by atoms with Crippen molar-refractivity contribution in [1.29, 1.82) is 0 Å². The number of rotatable bonds is 3. The lowest BCUT2D eigenvalue weighted by Crippen LogP contribution is -2.48. The summed E-state index contributed by atoms with van der Waals surface area (Å²) in [6.07, 6.45) is 4.64. The maximum Gasteiger partial charge on any atom is 0.272 e. The number of likely N-dealkylation sites (tertiary alicyclic amines) is 1. The molecular weight excluding hydrogens is 258 g/mol. The van der Waals surface area contributed by atoms with E-state index in [1.807, 2.05) is 0 Å². The number of nitrogens with two attached hydrogens (primary N) is 1. The molecule has 0 saturated carbocycles. The Morgan fingerprint density at radius 2 is 2.00 bits per heavy atom. The van der Waals surface area contributed by atoms with E-state index in [9.17, 15) is 9.59 Å². The molecule has 0 bridgehead atoms. The summed E-state index contributed by atoms with van der Waals surface area (Å²) in [5.74, 6) is -0.417. The standard InChI is InChI=1S/C13H21N5O2/c1-9(13(20)18-6-4-3-5-7-18)16-12(19)11-10(14)8-15-17(11)2/h8-9H,3-7,14H2,1-2H3,(H,16,19). The second-order valence-electron chi connectivity index (χ2n) is 5.15. The summed E-state index contributed by atoms with van der Waals surface area (Å²) in [4.78, 5) is 26.2. The zero-order valence-electron chi connectivity index (χ0n) is 11.9. The van der Waals surface area contributed by atoms with Crippen LogP contribution in [0.2, 0.25) is 0 Å². The van der Waals surface area contributed by atoms with Gasteiger partial charge in [0.1, 0.15) is 11.7 Å². The molecule has 7 nitrogen and oxygen atoms in total. The van der Waals surface area contributed by atoms with Gasteiger partial charge in [0.25, 0.3) is 5.91 Å². The number of anilines is 1. The van der Waals surface area contributed by atoms with Crippen LogP contribution >= 0.6 is 0 Å². The third kappa shape index (κ3) is 2.92. The summed E-state index contributed by atoms with van der Waals surface area (Å²) in [5.41, 5.74) is 6.29. The van der Waals surface area contributed by atoms with Gasteiger partial charge in [-0.05, 0) is 26.2 Å². The van der Waals surface area contributed by atoms with Crippen molar-refractivity contribution < 1.29 is 9.59 Å². The van der Waals surface area contributed by atoms with Crippen LogP contribution in [-0.2, 0) is 11.8 Å². The summed E-state index contributed by atoms with van der Waals surface area (Å²) in [5, 5.41) is 6.60. The molecular formula is C13H21N5O2. The second-order valence-corrected chi connectivity index (χ2v) is 5.15. The molecule has 0 spiro atoms. The molecule has 2 rings (SSSR count). The Morgan fingerprint density at radius 3 is 2.55 bits per heavy atom. The summed E-state index contributed by atoms with van der Waals surface area (Å²) in [6.45, 7) is 3.24. The highest BCUT2D eigenvalue weighted by atomic mass is 16.2. The van der Waals surface area contributed by atoms with E-state index in [0.29, 0.717) is 5.69 Å². The normalized spacial score (nSPS) is 16.8. The molecule has 0 aromatic carbocycles. The van der Waals surface area contributed by atoms with E-state index in [0.717, 1.165) is 32.4 Å². The lowest BCUT2D eigenvalue weighted by molar-refractivity contribution is -0.133. The smallest absolute Gasteiger partial charge is 0.272 e. The van der Waals surface area contributed by atoms with Gasteiger partial charge in [-0.2, -0.15) is 5.10 Å². The number of nitrogen functional groups attached to an aromatic ring is 1. The Kier molecular flexibility index (Phi) is 4.26. The Morgan fingerprint density at radius 1 is 1.35 bits per heavy atom. The van der Waals surface area contributed by atoms with Crippen molar-refractivity contribution in [3.05, 3.63) is 11.9 Å². The minimum Gasteiger partial charge on any atom is -0.396 e. The van der Waals surface area contributed by atoms with E-state index >= 15 is 0 Å². The third-order valence-corrected chi connectivity index (χ3v) is 3.57. The number of hydrogen-bond acceptors (Lipinski definition) is 4. The molecule has 1 unspecified atom stereocenters. The quantitative estimate of drug-likeness (QED) is 0.822. The molecule has 0 aliphatic carbocycles. The van der Waals surface area contributed by atoms with Crippen molar-refractivity contribution >= 4 is 17.5 Å². The van der Waals surface area contributed by atoms with Gasteiger partial charge in [-0.3, -0.25) is 14.3 Å². The van der Waals surface area contributed by atoms with Crippen molar-refractivity contribution in [2.75, 3.05) is 18.8 Å².